The van der Waals surface area contributed by atoms with Crippen molar-refractivity contribution in [3.05, 3.63) is 30.1 Å². The molecule has 0 saturated carbocycles. The van der Waals surface area contributed by atoms with Crippen molar-refractivity contribution >= 4 is 0 Å². The minimum Gasteiger partial charge on any atom is -0.387 e. The number of aromatic nitrogens is 1. The Balaban J connectivity index is 1.86. The standard InChI is InChI=1S/C12H19N3O/c1-14-5-7-15(8-6-14)10-12(16)11-3-2-4-13-9-11/h2-4,9,12,16H,5-8,10H2,1H3. The quantitative estimate of drug-likeness (QED) is 0.800. The summed E-state index contributed by atoms with van der Waals surface area (Å²) in [6, 6.07) is 3.79. The monoisotopic (exact) mass is 221 g/mol. The Kier molecular flexibility index (Phi) is 3.88. The summed E-state index contributed by atoms with van der Waals surface area (Å²) in [5, 5.41) is 10.0. The largest absolute Gasteiger partial charge is 0.387 e. The number of nitrogens with zero attached hydrogens (tertiary/aromatic N) is 3. The van der Waals surface area contributed by atoms with E-state index in [-0.39, 0.29) is 0 Å². The van der Waals surface area contributed by atoms with E-state index in [0.717, 1.165) is 31.7 Å². The van der Waals surface area contributed by atoms with Gasteiger partial charge < -0.3 is 10.0 Å². The number of aliphatic hydroxyl groups is 1. The first-order valence-electron chi connectivity index (χ1n) is 5.74. The van der Waals surface area contributed by atoms with Crippen LogP contribution >= 0.6 is 0 Å². The number of hydrogen-bond acceptors (Lipinski definition) is 4. The lowest BCUT2D eigenvalue weighted by Crippen LogP contribution is -2.45. The van der Waals surface area contributed by atoms with Crippen molar-refractivity contribution < 1.29 is 5.11 Å². The summed E-state index contributed by atoms with van der Waals surface area (Å²) >= 11 is 0. The van der Waals surface area contributed by atoms with Gasteiger partial charge in [0.1, 0.15) is 0 Å². The molecule has 0 bridgehead atoms. The molecule has 1 aromatic rings. The van der Waals surface area contributed by atoms with E-state index in [1.54, 1.807) is 12.4 Å². The van der Waals surface area contributed by atoms with Gasteiger partial charge in [-0.25, -0.2) is 0 Å². The van der Waals surface area contributed by atoms with Crippen LogP contribution in [0.5, 0.6) is 0 Å². The minimum absolute atomic E-state index is 0.419. The van der Waals surface area contributed by atoms with Gasteiger partial charge in [-0.3, -0.25) is 9.88 Å². The van der Waals surface area contributed by atoms with E-state index in [9.17, 15) is 5.11 Å². The predicted octanol–water partition coefficient (Wildman–Crippen LogP) is 0.362. The maximum Gasteiger partial charge on any atom is 0.0931 e. The van der Waals surface area contributed by atoms with Gasteiger partial charge in [0.2, 0.25) is 0 Å². The number of aliphatic hydroxyl groups excluding tert-OH is 1. The van der Waals surface area contributed by atoms with Gasteiger partial charge in [0, 0.05) is 50.7 Å². The number of pyridine rings is 1. The van der Waals surface area contributed by atoms with Gasteiger partial charge in [-0.1, -0.05) is 6.07 Å². The number of piperazine rings is 1. The smallest absolute Gasteiger partial charge is 0.0931 e. The Labute approximate surface area is 96.5 Å². The third kappa shape index (κ3) is 3.01. The van der Waals surface area contributed by atoms with Crippen molar-refractivity contribution in [1.82, 2.24) is 14.8 Å². The van der Waals surface area contributed by atoms with Gasteiger partial charge in [0.25, 0.3) is 0 Å². The van der Waals surface area contributed by atoms with Gasteiger partial charge in [0.15, 0.2) is 0 Å². The highest BCUT2D eigenvalue weighted by Crippen LogP contribution is 2.13. The van der Waals surface area contributed by atoms with Crippen molar-refractivity contribution in [1.29, 1.82) is 0 Å². The van der Waals surface area contributed by atoms with Crippen LogP contribution in [-0.2, 0) is 0 Å². The lowest BCUT2D eigenvalue weighted by atomic mass is 10.1. The van der Waals surface area contributed by atoms with Crippen LogP contribution in [0.15, 0.2) is 24.5 Å². The highest BCUT2D eigenvalue weighted by Gasteiger charge is 2.17. The third-order valence-corrected chi connectivity index (χ3v) is 3.10. The van der Waals surface area contributed by atoms with Crippen molar-refractivity contribution in [2.75, 3.05) is 39.8 Å². The summed E-state index contributed by atoms with van der Waals surface area (Å²) in [5.41, 5.74) is 0.904. The van der Waals surface area contributed by atoms with E-state index < -0.39 is 6.10 Å². The van der Waals surface area contributed by atoms with Crippen LogP contribution in [0.25, 0.3) is 0 Å². The Morgan fingerprint density at radius 3 is 2.75 bits per heavy atom. The zero-order valence-corrected chi connectivity index (χ0v) is 9.71. The van der Waals surface area contributed by atoms with E-state index in [4.69, 9.17) is 0 Å². The molecule has 4 heteroatoms. The van der Waals surface area contributed by atoms with Gasteiger partial charge in [-0.2, -0.15) is 0 Å². The second kappa shape index (κ2) is 5.39. The van der Waals surface area contributed by atoms with E-state index in [2.05, 4.69) is 21.8 Å². The molecule has 88 valence electrons. The zero-order valence-electron chi connectivity index (χ0n) is 9.71. The summed E-state index contributed by atoms with van der Waals surface area (Å²) in [5.74, 6) is 0. The number of hydrogen-bond donors (Lipinski definition) is 1. The molecule has 1 aliphatic rings. The highest BCUT2D eigenvalue weighted by molar-refractivity contribution is 5.12. The molecule has 1 saturated heterocycles. The lowest BCUT2D eigenvalue weighted by Gasteiger charge is -2.33. The summed E-state index contributed by atoms with van der Waals surface area (Å²) in [6.07, 6.45) is 3.05. The molecule has 2 heterocycles. The number of β-amino-alcohol motifs (C(OH)–C–C–N with tert-alkyl or cyclic N) is 1. The number of likely N-dealkylation sites (N-methyl/N-ethyl adjacent to an activating group) is 1. The van der Waals surface area contributed by atoms with Crippen molar-refractivity contribution in [2.24, 2.45) is 0 Å². The highest BCUT2D eigenvalue weighted by atomic mass is 16.3. The summed E-state index contributed by atoms with van der Waals surface area (Å²) < 4.78 is 0. The number of rotatable bonds is 3. The van der Waals surface area contributed by atoms with Crippen LogP contribution in [0.2, 0.25) is 0 Å². The topological polar surface area (TPSA) is 39.6 Å². The Hall–Kier alpha value is -0.970. The molecular weight excluding hydrogens is 202 g/mol. The summed E-state index contributed by atoms with van der Waals surface area (Å²) in [6.45, 7) is 4.95. The normalized spacial score (nSPS) is 20.9. The molecular formula is C12H19N3O. The molecule has 0 amide bonds. The molecule has 1 aromatic heterocycles. The van der Waals surface area contributed by atoms with E-state index in [1.807, 2.05) is 12.1 Å². The molecule has 1 N–H and O–H groups in total. The second-order valence-electron chi connectivity index (χ2n) is 4.41. The Morgan fingerprint density at radius 2 is 2.12 bits per heavy atom. The first-order chi connectivity index (χ1) is 7.75. The molecule has 0 radical (unpaired) electrons. The first kappa shape index (κ1) is 11.5. The van der Waals surface area contributed by atoms with Gasteiger partial charge >= 0.3 is 0 Å². The summed E-state index contributed by atoms with van der Waals surface area (Å²) in [4.78, 5) is 8.64. The molecule has 1 unspecified atom stereocenters. The SMILES string of the molecule is CN1CCN(CC(O)c2cccnc2)CC1. The molecule has 2 rings (SSSR count). The van der Waals surface area contributed by atoms with Crippen LogP contribution in [-0.4, -0.2) is 59.7 Å². The fourth-order valence-electron chi connectivity index (χ4n) is 1.95. The molecule has 16 heavy (non-hydrogen) atoms. The van der Waals surface area contributed by atoms with Gasteiger partial charge in [-0.15, -0.1) is 0 Å². The fourth-order valence-corrected chi connectivity index (χ4v) is 1.95. The predicted molar refractivity (Wildman–Crippen MR) is 63.1 cm³/mol. The van der Waals surface area contributed by atoms with Crippen molar-refractivity contribution in [3.8, 4) is 0 Å². The molecule has 0 aromatic carbocycles. The maximum atomic E-state index is 10.0. The second-order valence-corrected chi connectivity index (χ2v) is 4.41. The minimum atomic E-state index is -0.419. The average Bonchev–Trinajstić information content (AvgIpc) is 2.33. The molecule has 0 aliphatic carbocycles. The van der Waals surface area contributed by atoms with Crippen LogP contribution in [0.3, 0.4) is 0 Å². The Morgan fingerprint density at radius 1 is 1.38 bits per heavy atom. The molecule has 1 aliphatic heterocycles. The zero-order chi connectivity index (χ0) is 11.4. The molecule has 1 atom stereocenters. The Bertz CT molecular complexity index is 309. The van der Waals surface area contributed by atoms with Crippen molar-refractivity contribution in [3.63, 3.8) is 0 Å². The van der Waals surface area contributed by atoms with Crippen LogP contribution < -0.4 is 0 Å². The van der Waals surface area contributed by atoms with Crippen molar-refractivity contribution in [2.45, 2.75) is 6.10 Å². The molecule has 1 fully saturated rings. The maximum absolute atomic E-state index is 10.0. The van der Waals surface area contributed by atoms with Gasteiger partial charge in [-0.05, 0) is 13.1 Å². The van der Waals surface area contributed by atoms with Crippen LogP contribution in [0.1, 0.15) is 11.7 Å². The van der Waals surface area contributed by atoms with Gasteiger partial charge in [0.05, 0.1) is 6.10 Å². The van der Waals surface area contributed by atoms with E-state index in [1.165, 1.54) is 0 Å². The lowest BCUT2D eigenvalue weighted by molar-refractivity contribution is 0.0803. The average molecular weight is 221 g/mol. The van der Waals surface area contributed by atoms with E-state index >= 15 is 0 Å². The third-order valence-electron chi connectivity index (χ3n) is 3.10. The molecule has 4 nitrogen and oxygen atoms in total. The first-order valence-corrected chi connectivity index (χ1v) is 5.74. The molecule has 0 spiro atoms. The van der Waals surface area contributed by atoms with E-state index in [0.29, 0.717) is 6.54 Å². The van der Waals surface area contributed by atoms with Crippen LogP contribution in [0.4, 0.5) is 0 Å². The summed E-state index contributed by atoms with van der Waals surface area (Å²) in [7, 11) is 2.13. The van der Waals surface area contributed by atoms with Crippen LogP contribution in [0, 0.1) is 0 Å². The fraction of sp³-hybridized carbons (Fsp3) is 0.583.